The summed E-state index contributed by atoms with van der Waals surface area (Å²) in [5, 5.41) is 9.57. The van der Waals surface area contributed by atoms with E-state index in [4.69, 9.17) is 10.5 Å². The second-order valence-electron chi connectivity index (χ2n) is 5.49. The smallest absolute Gasteiger partial charge is 0.115 e. The van der Waals surface area contributed by atoms with Crippen LogP contribution in [0.25, 0.3) is 0 Å². The molecule has 0 aliphatic carbocycles. The summed E-state index contributed by atoms with van der Waals surface area (Å²) in [5.74, 6) is 0.983. The van der Waals surface area contributed by atoms with Gasteiger partial charge in [-0.1, -0.05) is 12.1 Å². The summed E-state index contributed by atoms with van der Waals surface area (Å²) in [6, 6.07) is 7.50. The molecule has 0 bridgehead atoms. The minimum absolute atomic E-state index is 0.267. The van der Waals surface area contributed by atoms with Crippen LogP contribution in [0, 0.1) is 5.92 Å². The molecule has 1 aromatic carbocycles. The molecule has 1 saturated heterocycles. The van der Waals surface area contributed by atoms with Crippen LogP contribution in [0.4, 0.5) is 0 Å². The molecular formula is C14H21NO2. The Bertz CT molecular complexity index is 384. The maximum Gasteiger partial charge on any atom is 0.115 e. The van der Waals surface area contributed by atoms with Gasteiger partial charge in [-0.3, -0.25) is 0 Å². The summed E-state index contributed by atoms with van der Waals surface area (Å²) in [7, 11) is 0. The molecule has 2 atom stereocenters. The highest BCUT2D eigenvalue weighted by Crippen LogP contribution is 2.38. The quantitative estimate of drug-likeness (QED) is 0.826. The number of benzene rings is 1. The Morgan fingerprint density at radius 1 is 1.41 bits per heavy atom. The predicted molar refractivity (Wildman–Crippen MR) is 68.0 cm³/mol. The van der Waals surface area contributed by atoms with E-state index in [-0.39, 0.29) is 11.5 Å². The lowest BCUT2D eigenvalue weighted by Crippen LogP contribution is -2.48. The molecule has 0 amide bonds. The first-order chi connectivity index (χ1) is 7.98. The number of hydrogen-bond acceptors (Lipinski definition) is 3. The Labute approximate surface area is 103 Å². The van der Waals surface area contributed by atoms with E-state index >= 15 is 0 Å². The zero-order valence-corrected chi connectivity index (χ0v) is 10.5. The zero-order chi connectivity index (χ0) is 12.5. The van der Waals surface area contributed by atoms with E-state index in [2.05, 4.69) is 6.07 Å². The highest BCUT2D eigenvalue weighted by Gasteiger charge is 2.36. The number of aromatic hydroxyl groups is 1. The number of ether oxygens (including phenoxy) is 1. The van der Waals surface area contributed by atoms with Gasteiger partial charge in [0.05, 0.1) is 6.61 Å². The van der Waals surface area contributed by atoms with E-state index in [0.29, 0.717) is 18.3 Å². The van der Waals surface area contributed by atoms with Crippen LogP contribution in [0.2, 0.25) is 0 Å². The molecule has 1 fully saturated rings. The molecule has 3 heteroatoms. The van der Waals surface area contributed by atoms with Crippen molar-refractivity contribution in [1.82, 2.24) is 0 Å². The largest absolute Gasteiger partial charge is 0.508 e. The van der Waals surface area contributed by atoms with Crippen LogP contribution < -0.4 is 5.73 Å². The van der Waals surface area contributed by atoms with Crippen LogP contribution in [-0.2, 0) is 4.74 Å². The van der Waals surface area contributed by atoms with Crippen molar-refractivity contribution < 1.29 is 9.84 Å². The summed E-state index contributed by atoms with van der Waals surface area (Å²) < 4.78 is 5.55. The fourth-order valence-electron chi connectivity index (χ4n) is 2.63. The maximum absolute atomic E-state index is 9.57. The number of phenolic OH excluding ortho intramolecular Hbond substituents is 1. The van der Waals surface area contributed by atoms with E-state index in [1.807, 2.05) is 26.0 Å². The van der Waals surface area contributed by atoms with Gasteiger partial charge >= 0.3 is 0 Å². The Hall–Kier alpha value is -1.06. The van der Waals surface area contributed by atoms with E-state index in [1.165, 1.54) is 0 Å². The molecule has 0 spiro atoms. The Morgan fingerprint density at radius 3 is 2.82 bits per heavy atom. The van der Waals surface area contributed by atoms with E-state index in [9.17, 15) is 5.11 Å². The standard InChI is InChI=1S/C14H21NO2/c1-14(2,15)13-9-17-7-6-12(13)10-4-3-5-11(16)8-10/h3-5,8,12-13,16H,6-7,9,15H2,1-2H3/t12-,13+/m0/s1. The van der Waals surface area contributed by atoms with Crippen molar-refractivity contribution in [2.75, 3.05) is 13.2 Å². The third-order valence-corrected chi connectivity index (χ3v) is 3.61. The van der Waals surface area contributed by atoms with Gasteiger partial charge in [0.2, 0.25) is 0 Å². The first-order valence-corrected chi connectivity index (χ1v) is 6.14. The summed E-state index contributed by atoms with van der Waals surface area (Å²) in [6.45, 7) is 5.56. The second-order valence-corrected chi connectivity index (χ2v) is 5.49. The van der Waals surface area contributed by atoms with Gasteiger partial charge < -0.3 is 15.6 Å². The molecule has 2 rings (SSSR count). The molecule has 0 aromatic heterocycles. The average Bonchev–Trinajstić information content (AvgIpc) is 2.28. The van der Waals surface area contributed by atoms with E-state index < -0.39 is 0 Å². The zero-order valence-electron chi connectivity index (χ0n) is 10.5. The Morgan fingerprint density at radius 2 is 2.18 bits per heavy atom. The number of hydrogen-bond donors (Lipinski definition) is 2. The number of nitrogens with two attached hydrogens (primary N) is 1. The third-order valence-electron chi connectivity index (χ3n) is 3.61. The van der Waals surface area contributed by atoms with Gasteiger partial charge in [-0.2, -0.15) is 0 Å². The molecule has 0 radical (unpaired) electrons. The fourth-order valence-corrected chi connectivity index (χ4v) is 2.63. The lowest BCUT2D eigenvalue weighted by atomic mass is 9.73. The minimum Gasteiger partial charge on any atom is -0.508 e. The topological polar surface area (TPSA) is 55.5 Å². The van der Waals surface area contributed by atoms with Crippen LogP contribution in [0.1, 0.15) is 31.7 Å². The molecule has 3 N–H and O–H groups in total. The van der Waals surface area contributed by atoms with E-state index in [1.54, 1.807) is 6.07 Å². The molecule has 1 aliphatic heterocycles. The van der Waals surface area contributed by atoms with Gasteiger partial charge in [0, 0.05) is 18.1 Å². The fraction of sp³-hybridized carbons (Fsp3) is 0.571. The third kappa shape index (κ3) is 2.79. The summed E-state index contributed by atoms with van der Waals surface area (Å²) >= 11 is 0. The lowest BCUT2D eigenvalue weighted by molar-refractivity contribution is 0.0139. The molecule has 0 saturated carbocycles. The number of rotatable bonds is 2. The normalized spacial score (nSPS) is 25.8. The molecule has 1 aromatic rings. The second kappa shape index (κ2) is 4.67. The van der Waals surface area contributed by atoms with Crippen molar-refractivity contribution in [3.05, 3.63) is 29.8 Å². The number of phenols is 1. The van der Waals surface area contributed by atoms with Gasteiger partial charge in [0.15, 0.2) is 0 Å². The van der Waals surface area contributed by atoms with Gasteiger partial charge in [-0.05, 0) is 43.9 Å². The molecule has 3 nitrogen and oxygen atoms in total. The van der Waals surface area contributed by atoms with Gasteiger partial charge in [-0.25, -0.2) is 0 Å². The molecule has 17 heavy (non-hydrogen) atoms. The Kier molecular flexibility index (Phi) is 3.40. The monoisotopic (exact) mass is 235 g/mol. The minimum atomic E-state index is -0.267. The first kappa shape index (κ1) is 12.4. The molecule has 0 unspecified atom stereocenters. The lowest BCUT2D eigenvalue weighted by Gasteiger charge is -2.40. The van der Waals surface area contributed by atoms with Crippen LogP contribution in [-0.4, -0.2) is 23.9 Å². The van der Waals surface area contributed by atoms with Crippen molar-refractivity contribution >= 4 is 0 Å². The van der Waals surface area contributed by atoms with Gasteiger partial charge in [-0.15, -0.1) is 0 Å². The molecule has 94 valence electrons. The van der Waals surface area contributed by atoms with Crippen LogP contribution in [0.5, 0.6) is 5.75 Å². The average molecular weight is 235 g/mol. The van der Waals surface area contributed by atoms with Crippen molar-refractivity contribution in [1.29, 1.82) is 0 Å². The summed E-state index contributed by atoms with van der Waals surface area (Å²) in [5.41, 5.74) is 7.13. The first-order valence-electron chi connectivity index (χ1n) is 6.14. The van der Waals surface area contributed by atoms with Crippen molar-refractivity contribution in [2.45, 2.75) is 31.7 Å². The van der Waals surface area contributed by atoms with Crippen LogP contribution in [0.15, 0.2) is 24.3 Å². The van der Waals surface area contributed by atoms with Gasteiger partial charge in [0.25, 0.3) is 0 Å². The molecule has 1 aliphatic rings. The molecule has 1 heterocycles. The Balaban J connectivity index is 2.28. The van der Waals surface area contributed by atoms with Crippen molar-refractivity contribution in [3.63, 3.8) is 0 Å². The highest BCUT2D eigenvalue weighted by molar-refractivity contribution is 5.31. The van der Waals surface area contributed by atoms with Crippen molar-refractivity contribution in [2.24, 2.45) is 11.7 Å². The van der Waals surface area contributed by atoms with Crippen LogP contribution >= 0.6 is 0 Å². The summed E-state index contributed by atoms with van der Waals surface area (Å²) in [6.07, 6.45) is 0.967. The van der Waals surface area contributed by atoms with Crippen molar-refractivity contribution in [3.8, 4) is 5.75 Å². The maximum atomic E-state index is 9.57. The SMILES string of the molecule is CC(C)(N)[C@@H]1COCC[C@H]1c1cccc(O)c1. The van der Waals surface area contributed by atoms with E-state index in [0.717, 1.165) is 18.6 Å². The molecular weight excluding hydrogens is 214 g/mol. The van der Waals surface area contributed by atoms with Crippen LogP contribution in [0.3, 0.4) is 0 Å². The highest BCUT2D eigenvalue weighted by atomic mass is 16.5. The predicted octanol–water partition coefficient (Wildman–Crippen LogP) is 2.25. The summed E-state index contributed by atoms with van der Waals surface area (Å²) in [4.78, 5) is 0. The van der Waals surface area contributed by atoms with Gasteiger partial charge in [0.1, 0.15) is 5.75 Å².